The number of hydrogen-bond acceptors (Lipinski definition) is 5. The molecule has 0 aliphatic carbocycles. The van der Waals surface area contributed by atoms with Crippen LogP contribution in [0.2, 0.25) is 0 Å². The zero-order valence-corrected chi connectivity index (χ0v) is 8.38. The highest BCUT2D eigenvalue weighted by Gasteiger charge is 2.06. The molecule has 0 aliphatic rings. The quantitative estimate of drug-likeness (QED) is 0.563. The number of hydrogen-bond donors (Lipinski definition) is 2. The van der Waals surface area contributed by atoms with E-state index < -0.39 is 4.92 Å². The molecule has 0 saturated carbocycles. The number of aliphatic hydroxyl groups is 1. The SMILES string of the molecule is CC(CCO)Nc1ccc([N+](=O)[O-])cn1. The molecule has 0 aliphatic heterocycles. The minimum absolute atomic E-state index is 0.0321. The van der Waals surface area contributed by atoms with Gasteiger partial charge in [-0.3, -0.25) is 10.1 Å². The van der Waals surface area contributed by atoms with Crippen molar-refractivity contribution in [1.82, 2.24) is 4.98 Å². The van der Waals surface area contributed by atoms with Gasteiger partial charge in [-0.1, -0.05) is 0 Å². The summed E-state index contributed by atoms with van der Waals surface area (Å²) in [6, 6.07) is 3.02. The molecular weight excluding hydrogens is 198 g/mol. The molecule has 0 spiro atoms. The maximum atomic E-state index is 10.3. The second kappa shape index (κ2) is 5.26. The van der Waals surface area contributed by atoms with E-state index in [0.717, 1.165) is 0 Å². The molecule has 15 heavy (non-hydrogen) atoms. The lowest BCUT2D eigenvalue weighted by molar-refractivity contribution is -0.385. The molecule has 1 rings (SSSR count). The zero-order valence-electron chi connectivity index (χ0n) is 8.38. The largest absolute Gasteiger partial charge is 0.396 e. The highest BCUT2D eigenvalue weighted by Crippen LogP contribution is 2.12. The summed E-state index contributed by atoms with van der Waals surface area (Å²) in [5.74, 6) is 0.571. The molecule has 1 aromatic heterocycles. The molecule has 0 saturated heterocycles. The molecule has 6 nitrogen and oxygen atoms in total. The Kier molecular flexibility index (Phi) is 3.99. The first kappa shape index (κ1) is 11.4. The molecule has 0 radical (unpaired) electrons. The third kappa shape index (κ3) is 3.51. The summed E-state index contributed by atoms with van der Waals surface area (Å²) in [5, 5.41) is 22.0. The van der Waals surface area contributed by atoms with Gasteiger partial charge >= 0.3 is 0 Å². The number of aromatic nitrogens is 1. The van der Waals surface area contributed by atoms with Gasteiger partial charge in [0, 0.05) is 18.7 Å². The Balaban J connectivity index is 2.60. The van der Waals surface area contributed by atoms with Crippen molar-refractivity contribution in [3.63, 3.8) is 0 Å². The van der Waals surface area contributed by atoms with Crippen molar-refractivity contribution < 1.29 is 10.0 Å². The van der Waals surface area contributed by atoms with E-state index in [1.54, 1.807) is 6.07 Å². The van der Waals surface area contributed by atoms with Gasteiger partial charge in [-0.15, -0.1) is 0 Å². The van der Waals surface area contributed by atoms with Crippen LogP contribution in [0.5, 0.6) is 0 Å². The van der Waals surface area contributed by atoms with Gasteiger partial charge in [-0.05, 0) is 19.4 Å². The third-order valence-electron chi connectivity index (χ3n) is 1.92. The van der Waals surface area contributed by atoms with Gasteiger partial charge in [-0.25, -0.2) is 4.98 Å². The molecule has 1 unspecified atom stereocenters. The smallest absolute Gasteiger partial charge is 0.287 e. The summed E-state index contributed by atoms with van der Waals surface area (Å²) >= 11 is 0. The maximum Gasteiger partial charge on any atom is 0.287 e. The fraction of sp³-hybridized carbons (Fsp3) is 0.444. The van der Waals surface area contributed by atoms with E-state index in [1.165, 1.54) is 12.3 Å². The Morgan fingerprint density at radius 3 is 2.87 bits per heavy atom. The molecule has 1 atom stereocenters. The summed E-state index contributed by atoms with van der Waals surface area (Å²) in [6.07, 6.45) is 1.81. The molecule has 1 aromatic rings. The molecule has 0 aromatic carbocycles. The average molecular weight is 211 g/mol. The van der Waals surface area contributed by atoms with Crippen molar-refractivity contribution in [3.8, 4) is 0 Å². The maximum absolute atomic E-state index is 10.3. The lowest BCUT2D eigenvalue weighted by Crippen LogP contribution is -2.17. The second-order valence-electron chi connectivity index (χ2n) is 3.22. The highest BCUT2D eigenvalue weighted by molar-refractivity contribution is 5.40. The van der Waals surface area contributed by atoms with Crippen LogP contribution < -0.4 is 5.32 Å². The van der Waals surface area contributed by atoms with Crippen molar-refractivity contribution in [2.75, 3.05) is 11.9 Å². The van der Waals surface area contributed by atoms with Crippen LogP contribution in [0.4, 0.5) is 11.5 Å². The van der Waals surface area contributed by atoms with Gasteiger partial charge in [0.05, 0.1) is 4.92 Å². The number of pyridine rings is 1. The van der Waals surface area contributed by atoms with E-state index in [9.17, 15) is 10.1 Å². The molecule has 0 fully saturated rings. The van der Waals surface area contributed by atoms with Crippen molar-refractivity contribution in [3.05, 3.63) is 28.4 Å². The Hall–Kier alpha value is -1.69. The Bertz CT molecular complexity index is 326. The number of nitro groups is 1. The Labute approximate surface area is 87.1 Å². The predicted octanol–water partition coefficient (Wildman–Crippen LogP) is 1.17. The van der Waals surface area contributed by atoms with E-state index in [4.69, 9.17) is 5.11 Å². The van der Waals surface area contributed by atoms with Crippen LogP contribution in [0.3, 0.4) is 0 Å². The van der Waals surface area contributed by atoms with Crippen LogP contribution in [0, 0.1) is 10.1 Å². The Morgan fingerprint density at radius 2 is 2.40 bits per heavy atom. The standard InChI is InChI=1S/C9H13N3O3/c1-7(4-5-13)11-9-3-2-8(6-10-9)12(14)15/h2-3,6-7,13H,4-5H2,1H3,(H,10,11). The molecule has 6 heteroatoms. The summed E-state index contributed by atoms with van der Waals surface area (Å²) in [7, 11) is 0. The number of nitrogens with zero attached hydrogens (tertiary/aromatic N) is 2. The number of aliphatic hydroxyl groups excluding tert-OH is 1. The number of anilines is 1. The lowest BCUT2D eigenvalue weighted by Gasteiger charge is -2.12. The summed E-state index contributed by atoms with van der Waals surface area (Å²) in [4.78, 5) is 13.7. The van der Waals surface area contributed by atoms with E-state index in [-0.39, 0.29) is 18.3 Å². The zero-order chi connectivity index (χ0) is 11.3. The fourth-order valence-electron chi connectivity index (χ4n) is 1.10. The van der Waals surface area contributed by atoms with Crippen LogP contribution in [0.25, 0.3) is 0 Å². The van der Waals surface area contributed by atoms with E-state index in [1.807, 2.05) is 6.92 Å². The normalized spacial score (nSPS) is 12.1. The lowest BCUT2D eigenvalue weighted by atomic mass is 10.2. The molecule has 2 N–H and O–H groups in total. The summed E-state index contributed by atoms with van der Waals surface area (Å²) < 4.78 is 0. The fourth-order valence-corrected chi connectivity index (χ4v) is 1.10. The first-order valence-electron chi connectivity index (χ1n) is 4.61. The van der Waals surface area contributed by atoms with Crippen LogP contribution in [0.15, 0.2) is 18.3 Å². The van der Waals surface area contributed by atoms with Crippen molar-refractivity contribution in [2.45, 2.75) is 19.4 Å². The number of nitrogens with one attached hydrogen (secondary N) is 1. The van der Waals surface area contributed by atoms with Crippen molar-refractivity contribution in [2.24, 2.45) is 0 Å². The molecular formula is C9H13N3O3. The van der Waals surface area contributed by atoms with Gasteiger partial charge in [0.15, 0.2) is 0 Å². The van der Waals surface area contributed by atoms with Gasteiger partial charge in [0.1, 0.15) is 12.0 Å². The van der Waals surface area contributed by atoms with Gasteiger partial charge in [0.2, 0.25) is 0 Å². The summed E-state index contributed by atoms with van der Waals surface area (Å²) in [5.41, 5.74) is -0.0321. The van der Waals surface area contributed by atoms with Crippen molar-refractivity contribution in [1.29, 1.82) is 0 Å². The van der Waals surface area contributed by atoms with Crippen LogP contribution in [0.1, 0.15) is 13.3 Å². The predicted molar refractivity (Wildman–Crippen MR) is 55.7 cm³/mol. The first-order valence-corrected chi connectivity index (χ1v) is 4.61. The Morgan fingerprint density at radius 1 is 1.67 bits per heavy atom. The molecule has 1 heterocycles. The van der Waals surface area contributed by atoms with E-state index >= 15 is 0 Å². The van der Waals surface area contributed by atoms with Crippen LogP contribution in [-0.2, 0) is 0 Å². The minimum atomic E-state index is -0.492. The highest BCUT2D eigenvalue weighted by atomic mass is 16.6. The molecule has 0 bridgehead atoms. The number of rotatable bonds is 5. The van der Waals surface area contributed by atoms with Gasteiger partial charge < -0.3 is 10.4 Å². The molecule has 0 amide bonds. The van der Waals surface area contributed by atoms with Gasteiger partial charge in [0.25, 0.3) is 5.69 Å². The first-order chi connectivity index (χ1) is 7.13. The van der Waals surface area contributed by atoms with E-state index in [0.29, 0.717) is 12.2 Å². The third-order valence-corrected chi connectivity index (χ3v) is 1.92. The monoisotopic (exact) mass is 211 g/mol. The van der Waals surface area contributed by atoms with Crippen LogP contribution >= 0.6 is 0 Å². The van der Waals surface area contributed by atoms with Crippen molar-refractivity contribution >= 4 is 11.5 Å². The topological polar surface area (TPSA) is 88.3 Å². The second-order valence-corrected chi connectivity index (χ2v) is 3.22. The minimum Gasteiger partial charge on any atom is -0.396 e. The summed E-state index contributed by atoms with van der Waals surface area (Å²) in [6.45, 7) is 2.00. The van der Waals surface area contributed by atoms with Crippen LogP contribution in [-0.4, -0.2) is 27.7 Å². The van der Waals surface area contributed by atoms with Gasteiger partial charge in [-0.2, -0.15) is 0 Å². The average Bonchev–Trinajstić information content (AvgIpc) is 2.18. The molecule has 82 valence electrons. The van der Waals surface area contributed by atoms with E-state index in [2.05, 4.69) is 10.3 Å².